The van der Waals surface area contributed by atoms with Crippen molar-refractivity contribution < 1.29 is 22.7 Å². The smallest absolute Gasteiger partial charge is 0.283 e. The number of hydrogen-bond acceptors (Lipinski definition) is 5. The van der Waals surface area contributed by atoms with Crippen molar-refractivity contribution in [2.75, 3.05) is 0 Å². The Morgan fingerprint density at radius 2 is 2.10 bits per heavy atom. The molecule has 2 heterocycles. The number of aromatic nitrogens is 1. The highest BCUT2D eigenvalue weighted by atomic mass is 35.5. The zero-order chi connectivity index (χ0) is 20.9. The predicted octanol–water partition coefficient (Wildman–Crippen LogP) is 4.15. The van der Waals surface area contributed by atoms with Crippen molar-refractivity contribution in [3.05, 3.63) is 63.1 Å². The van der Waals surface area contributed by atoms with Crippen LogP contribution in [0.2, 0.25) is 10.0 Å². The van der Waals surface area contributed by atoms with Gasteiger partial charge in [0.2, 0.25) is 0 Å². The molecule has 2 aromatic rings. The number of halogens is 5. The number of hydrogen-bond donors (Lipinski definition) is 1. The van der Waals surface area contributed by atoms with Gasteiger partial charge < -0.3 is 10.5 Å². The lowest BCUT2D eigenvalue weighted by Gasteiger charge is -2.33. The highest BCUT2D eigenvalue weighted by molar-refractivity contribution is 6.36. The third-order valence-corrected chi connectivity index (χ3v) is 5.59. The molecule has 2 aliphatic rings. The van der Waals surface area contributed by atoms with Gasteiger partial charge in [0.15, 0.2) is 11.3 Å². The van der Waals surface area contributed by atoms with Crippen LogP contribution in [0.3, 0.4) is 0 Å². The molecule has 0 bridgehead atoms. The van der Waals surface area contributed by atoms with Crippen LogP contribution >= 0.6 is 23.2 Å². The zero-order valence-electron chi connectivity index (χ0n) is 14.7. The van der Waals surface area contributed by atoms with Gasteiger partial charge in [-0.05, 0) is 30.2 Å². The molecule has 29 heavy (non-hydrogen) atoms. The molecule has 3 atom stereocenters. The van der Waals surface area contributed by atoms with Crippen molar-refractivity contribution in [3.8, 4) is 0 Å². The number of benzene rings is 1. The van der Waals surface area contributed by atoms with Crippen molar-refractivity contribution in [1.82, 2.24) is 4.98 Å². The number of amidine groups is 1. The van der Waals surface area contributed by atoms with Crippen LogP contribution in [0.5, 0.6) is 0 Å². The fourth-order valence-electron chi connectivity index (χ4n) is 3.68. The number of Topliss-reactive ketones (excluding diaryl/α,β-unsaturated/α-hetero) is 1. The molecule has 0 amide bonds. The lowest BCUT2D eigenvalue weighted by molar-refractivity contribution is 0.0176. The van der Waals surface area contributed by atoms with Gasteiger partial charge in [-0.1, -0.05) is 29.3 Å². The highest BCUT2D eigenvalue weighted by Crippen LogP contribution is 2.56. The second-order valence-electron chi connectivity index (χ2n) is 6.97. The molecule has 1 saturated carbocycles. The first-order valence-corrected chi connectivity index (χ1v) is 9.41. The van der Waals surface area contributed by atoms with Crippen molar-refractivity contribution in [2.24, 2.45) is 16.6 Å². The SMILES string of the molecule is NC1=N[C@@](c2cc(CC(=O)c3ncc(Cl)cc3Cl)ccc2F)(C(F)F)[C@H]2C[C@H]2O1. The Balaban J connectivity index is 1.71. The maximum absolute atomic E-state index is 14.6. The number of rotatable bonds is 5. The number of aliphatic imine (C=N–C) groups is 1. The molecule has 4 rings (SSSR count). The summed E-state index contributed by atoms with van der Waals surface area (Å²) in [6, 6.07) is 4.58. The molecule has 5 nitrogen and oxygen atoms in total. The maximum atomic E-state index is 14.6. The van der Waals surface area contributed by atoms with Gasteiger partial charge in [0, 0.05) is 24.1 Å². The standard InChI is InChI=1S/C19H14Cl2F3N3O2/c20-9-5-12(21)16(26-7-9)14(28)4-8-1-2-13(22)10(3-8)19(17(23)24)11-6-15(11)29-18(25)27-19/h1-3,5,7,11,15,17H,4,6H2,(H2,25,27)/t11-,15+,19+/m0/s1. The van der Waals surface area contributed by atoms with Gasteiger partial charge in [0.25, 0.3) is 12.4 Å². The molecular formula is C19H14Cl2F3N3O2. The van der Waals surface area contributed by atoms with Gasteiger partial charge in [-0.3, -0.25) is 4.79 Å². The minimum Gasteiger partial charge on any atom is -0.462 e. The maximum Gasteiger partial charge on any atom is 0.283 e. The van der Waals surface area contributed by atoms with Crippen LogP contribution < -0.4 is 5.73 Å². The Hall–Kier alpha value is -2.32. The quantitative estimate of drug-likeness (QED) is 0.704. The van der Waals surface area contributed by atoms with Crippen LogP contribution in [0, 0.1) is 11.7 Å². The average Bonchev–Trinajstić information content (AvgIpc) is 3.41. The van der Waals surface area contributed by atoms with Crippen LogP contribution in [-0.2, 0) is 16.7 Å². The van der Waals surface area contributed by atoms with Crippen molar-refractivity contribution in [3.63, 3.8) is 0 Å². The molecule has 0 radical (unpaired) electrons. The van der Waals surface area contributed by atoms with E-state index in [9.17, 15) is 18.0 Å². The summed E-state index contributed by atoms with van der Waals surface area (Å²) in [6.45, 7) is 0. The van der Waals surface area contributed by atoms with Gasteiger partial charge in [-0.2, -0.15) is 0 Å². The number of nitrogens with zero attached hydrogens (tertiary/aromatic N) is 2. The largest absolute Gasteiger partial charge is 0.462 e. The number of ether oxygens (including phenoxy) is 1. The first kappa shape index (κ1) is 20.0. The van der Waals surface area contributed by atoms with Crippen molar-refractivity contribution in [2.45, 2.75) is 30.9 Å². The number of carbonyl (C=O) groups is 1. The number of fused-ring (bicyclic) bond motifs is 1. The molecule has 1 aromatic heterocycles. The van der Waals surface area contributed by atoms with E-state index in [1.165, 1.54) is 24.4 Å². The molecule has 0 spiro atoms. The summed E-state index contributed by atoms with van der Waals surface area (Å²) in [5.41, 5.74) is 3.40. The minimum atomic E-state index is -3.01. The van der Waals surface area contributed by atoms with Crippen LogP contribution in [0.25, 0.3) is 0 Å². The number of pyridine rings is 1. The highest BCUT2D eigenvalue weighted by Gasteiger charge is 2.64. The topological polar surface area (TPSA) is 77.6 Å². The average molecular weight is 444 g/mol. The summed E-state index contributed by atoms with van der Waals surface area (Å²) < 4.78 is 48.1. The first-order chi connectivity index (χ1) is 13.7. The molecule has 2 N–H and O–H groups in total. The third-order valence-electron chi connectivity index (χ3n) is 5.10. The van der Waals surface area contributed by atoms with E-state index < -0.39 is 41.6 Å². The lowest BCUT2D eigenvalue weighted by atomic mass is 9.83. The van der Waals surface area contributed by atoms with Crippen LogP contribution in [0.1, 0.15) is 28.0 Å². The summed E-state index contributed by atoms with van der Waals surface area (Å²) in [6.07, 6.45) is -2.18. The summed E-state index contributed by atoms with van der Waals surface area (Å²) in [5.74, 6) is -2.01. The van der Waals surface area contributed by atoms with E-state index in [4.69, 9.17) is 33.7 Å². The second kappa shape index (κ2) is 7.18. The van der Waals surface area contributed by atoms with Crippen molar-refractivity contribution in [1.29, 1.82) is 0 Å². The Labute approximate surface area is 173 Å². The lowest BCUT2D eigenvalue weighted by Crippen LogP contribution is -2.43. The van der Waals surface area contributed by atoms with Crippen LogP contribution in [0.15, 0.2) is 35.5 Å². The Bertz CT molecular complexity index is 1030. The summed E-state index contributed by atoms with van der Waals surface area (Å²) in [7, 11) is 0. The molecular weight excluding hydrogens is 430 g/mol. The van der Waals surface area contributed by atoms with E-state index in [0.717, 1.165) is 6.07 Å². The second-order valence-corrected chi connectivity index (χ2v) is 7.82. The van der Waals surface area contributed by atoms with Crippen LogP contribution in [0.4, 0.5) is 13.2 Å². The molecule has 0 saturated heterocycles. The Morgan fingerprint density at radius 1 is 1.34 bits per heavy atom. The number of carbonyl (C=O) groups excluding carboxylic acids is 1. The Kier molecular flexibility index (Phi) is 4.94. The van der Waals surface area contributed by atoms with E-state index in [1.807, 2.05) is 0 Å². The van der Waals surface area contributed by atoms with E-state index in [0.29, 0.717) is 12.0 Å². The van der Waals surface area contributed by atoms with E-state index in [1.54, 1.807) is 0 Å². The summed E-state index contributed by atoms with van der Waals surface area (Å²) in [4.78, 5) is 20.3. The van der Waals surface area contributed by atoms with Gasteiger partial charge in [0.05, 0.1) is 10.0 Å². The molecule has 10 heteroatoms. The van der Waals surface area contributed by atoms with Crippen LogP contribution in [-0.4, -0.2) is 29.3 Å². The van der Waals surface area contributed by atoms with Gasteiger partial charge in [-0.25, -0.2) is 23.1 Å². The van der Waals surface area contributed by atoms with Gasteiger partial charge >= 0.3 is 0 Å². The third kappa shape index (κ3) is 3.44. The summed E-state index contributed by atoms with van der Waals surface area (Å²) >= 11 is 11.8. The fourth-order valence-corrected chi connectivity index (χ4v) is 4.16. The number of nitrogens with two attached hydrogens (primary N) is 1. The van der Waals surface area contributed by atoms with Crippen molar-refractivity contribution >= 4 is 35.0 Å². The first-order valence-electron chi connectivity index (χ1n) is 8.65. The monoisotopic (exact) mass is 443 g/mol. The zero-order valence-corrected chi connectivity index (χ0v) is 16.2. The van der Waals surface area contributed by atoms with Gasteiger partial charge in [0.1, 0.15) is 17.6 Å². The molecule has 152 valence electrons. The molecule has 1 fully saturated rings. The normalized spacial score (nSPS) is 25.2. The number of ketones is 1. The molecule has 1 aliphatic heterocycles. The Morgan fingerprint density at radius 3 is 2.79 bits per heavy atom. The fraction of sp³-hybridized carbons (Fsp3) is 0.316. The molecule has 0 unspecified atom stereocenters. The summed E-state index contributed by atoms with van der Waals surface area (Å²) in [5, 5.41) is 0.333. The number of alkyl halides is 2. The molecule has 1 aliphatic carbocycles. The van der Waals surface area contributed by atoms with E-state index >= 15 is 0 Å². The predicted molar refractivity (Wildman–Crippen MR) is 101 cm³/mol. The molecule has 1 aromatic carbocycles. The van der Waals surface area contributed by atoms with E-state index in [-0.39, 0.29) is 27.7 Å². The van der Waals surface area contributed by atoms with E-state index in [2.05, 4.69) is 9.98 Å². The van der Waals surface area contributed by atoms with Gasteiger partial charge in [-0.15, -0.1) is 0 Å². The minimum absolute atomic E-state index is 0.0129.